The van der Waals surface area contributed by atoms with Crippen molar-refractivity contribution in [2.24, 2.45) is 0 Å². The summed E-state index contributed by atoms with van der Waals surface area (Å²) in [6.07, 6.45) is 3.15. The van der Waals surface area contributed by atoms with Crippen molar-refractivity contribution in [3.63, 3.8) is 0 Å². The van der Waals surface area contributed by atoms with Crippen LogP contribution in [0.3, 0.4) is 0 Å². The Hall–Kier alpha value is -0.690. The monoisotopic (exact) mass is 305 g/mol. The lowest BCUT2D eigenvalue weighted by atomic mass is 10.3. The normalized spacial score (nSPS) is 11.2. The molecule has 6 nitrogen and oxygen atoms in total. The fraction of sp³-hybridized carbons (Fsp3) is 0.933. The molecule has 0 aliphatic heterocycles. The number of likely N-dealkylation sites (N-methyl/N-ethyl adjacent to an activating group) is 1. The second kappa shape index (κ2) is 15.7. The lowest BCUT2D eigenvalue weighted by molar-refractivity contribution is -0.137. The number of carbonyl (C=O) groups is 1. The molecule has 0 rings (SSSR count). The maximum atomic E-state index is 10.4. The predicted octanol–water partition coefficient (Wildman–Crippen LogP) is 1.63. The zero-order valence-corrected chi connectivity index (χ0v) is 13.5. The molecule has 0 saturated heterocycles. The van der Waals surface area contributed by atoms with Gasteiger partial charge in [-0.3, -0.25) is 4.79 Å². The maximum absolute atomic E-state index is 10.4. The highest BCUT2D eigenvalue weighted by molar-refractivity contribution is 5.66. The molecule has 6 heteroatoms. The standard InChI is InChI=1S/C15H31NO5/c1-3-4-9-19-11-13-21-14-12-20-10-8-16(2)7-5-6-15(17)18/h3-14H2,1-2H3,(H,17,18). The molecule has 0 aromatic heterocycles. The van der Waals surface area contributed by atoms with Crippen molar-refractivity contribution in [1.82, 2.24) is 4.90 Å². The first kappa shape index (κ1) is 20.3. The van der Waals surface area contributed by atoms with Gasteiger partial charge in [0.25, 0.3) is 0 Å². The molecule has 0 spiro atoms. The van der Waals surface area contributed by atoms with Gasteiger partial charge in [0.15, 0.2) is 0 Å². The molecule has 0 unspecified atom stereocenters. The van der Waals surface area contributed by atoms with Crippen LogP contribution >= 0.6 is 0 Å². The Morgan fingerprint density at radius 1 is 0.905 bits per heavy atom. The fourth-order valence-electron chi connectivity index (χ4n) is 1.62. The van der Waals surface area contributed by atoms with Crippen LogP contribution in [-0.4, -0.2) is 75.8 Å². The van der Waals surface area contributed by atoms with Crippen LogP contribution in [0.5, 0.6) is 0 Å². The Morgan fingerprint density at radius 3 is 2.05 bits per heavy atom. The first-order chi connectivity index (χ1) is 10.2. The highest BCUT2D eigenvalue weighted by atomic mass is 16.5. The van der Waals surface area contributed by atoms with Crippen LogP contribution in [0.1, 0.15) is 32.6 Å². The van der Waals surface area contributed by atoms with Crippen molar-refractivity contribution in [2.45, 2.75) is 32.6 Å². The molecule has 0 fully saturated rings. The average Bonchev–Trinajstić information content (AvgIpc) is 2.44. The van der Waals surface area contributed by atoms with Crippen molar-refractivity contribution in [1.29, 1.82) is 0 Å². The minimum atomic E-state index is -0.740. The highest BCUT2D eigenvalue weighted by Crippen LogP contribution is 1.93. The van der Waals surface area contributed by atoms with Crippen LogP contribution in [0.15, 0.2) is 0 Å². The largest absolute Gasteiger partial charge is 0.481 e. The summed E-state index contributed by atoms with van der Waals surface area (Å²) in [5, 5.41) is 8.54. The Morgan fingerprint density at radius 2 is 1.48 bits per heavy atom. The third kappa shape index (κ3) is 17.3. The molecule has 1 N–H and O–H groups in total. The molecular weight excluding hydrogens is 274 g/mol. The summed E-state index contributed by atoms with van der Waals surface area (Å²) in [4.78, 5) is 12.4. The van der Waals surface area contributed by atoms with Crippen molar-refractivity contribution in [3.05, 3.63) is 0 Å². The summed E-state index contributed by atoms with van der Waals surface area (Å²) in [6.45, 7) is 7.60. The van der Waals surface area contributed by atoms with Crippen LogP contribution in [0.2, 0.25) is 0 Å². The van der Waals surface area contributed by atoms with Crippen molar-refractivity contribution in [3.8, 4) is 0 Å². The molecule has 0 aromatic rings. The van der Waals surface area contributed by atoms with E-state index in [1.165, 1.54) is 0 Å². The lowest BCUT2D eigenvalue weighted by Crippen LogP contribution is -2.25. The number of hydrogen-bond donors (Lipinski definition) is 1. The van der Waals surface area contributed by atoms with Gasteiger partial charge in [-0.05, 0) is 26.4 Å². The Bertz CT molecular complexity index is 238. The van der Waals surface area contributed by atoms with E-state index < -0.39 is 5.97 Å². The molecule has 0 aromatic carbocycles. The van der Waals surface area contributed by atoms with E-state index in [1.54, 1.807) is 0 Å². The van der Waals surface area contributed by atoms with Gasteiger partial charge in [0, 0.05) is 19.6 Å². The minimum Gasteiger partial charge on any atom is -0.481 e. The zero-order valence-electron chi connectivity index (χ0n) is 13.5. The first-order valence-corrected chi connectivity index (χ1v) is 7.80. The second-order valence-electron chi connectivity index (χ2n) is 4.99. The molecule has 0 saturated carbocycles. The lowest BCUT2D eigenvalue weighted by Gasteiger charge is -2.15. The summed E-state index contributed by atoms with van der Waals surface area (Å²) in [5.74, 6) is -0.740. The highest BCUT2D eigenvalue weighted by Gasteiger charge is 2.01. The quantitative estimate of drug-likeness (QED) is 0.437. The molecule has 0 aliphatic carbocycles. The molecule has 0 amide bonds. The first-order valence-electron chi connectivity index (χ1n) is 7.80. The van der Waals surface area contributed by atoms with E-state index in [9.17, 15) is 4.79 Å². The molecule has 0 aliphatic rings. The summed E-state index contributed by atoms with van der Waals surface area (Å²) in [6, 6.07) is 0. The van der Waals surface area contributed by atoms with Gasteiger partial charge < -0.3 is 24.2 Å². The number of aliphatic carboxylic acids is 1. The Balaban J connectivity index is 3.12. The number of nitrogens with zero attached hydrogens (tertiary/aromatic N) is 1. The van der Waals surface area contributed by atoms with E-state index >= 15 is 0 Å². The van der Waals surface area contributed by atoms with Crippen LogP contribution in [0.4, 0.5) is 0 Å². The topological polar surface area (TPSA) is 68.2 Å². The summed E-state index contributed by atoms with van der Waals surface area (Å²) in [7, 11) is 1.97. The molecule has 0 bridgehead atoms. The van der Waals surface area contributed by atoms with Crippen LogP contribution < -0.4 is 0 Å². The van der Waals surface area contributed by atoms with Gasteiger partial charge in [0.05, 0.1) is 33.0 Å². The van der Waals surface area contributed by atoms with Crippen molar-refractivity contribution in [2.75, 3.05) is 59.8 Å². The van der Waals surface area contributed by atoms with Gasteiger partial charge in [-0.2, -0.15) is 0 Å². The van der Waals surface area contributed by atoms with Gasteiger partial charge in [-0.15, -0.1) is 0 Å². The SMILES string of the molecule is CCCCOCCOCCOCCN(C)CCCC(=O)O. The van der Waals surface area contributed by atoms with E-state index in [4.69, 9.17) is 19.3 Å². The maximum Gasteiger partial charge on any atom is 0.303 e. The zero-order chi connectivity index (χ0) is 15.8. The van der Waals surface area contributed by atoms with Crippen molar-refractivity contribution < 1.29 is 24.1 Å². The third-order valence-corrected chi connectivity index (χ3v) is 2.93. The van der Waals surface area contributed by atoms with Crippen molar-refractivity contribution >= 4 is 5.97 Å². The van der Waals surface area contributed by atoms with Gasteiger partial charge >= 0.3 is 5.97 Å². The minimum absolute atomic E-state index is 0.222. The van der Waals surface area contributed by atoms with Gasteiger partial charge in [-0.1, -0.05) is 13.3 Å². The number of unbranched alkanes of at least 4 members (excludes halogenated alkanes) is 1. The summed E-state index contributed by atoms with van der Waals surface area (Å²) in [5.41, 5.74) is 0. The van der Waals surface area contributed by atoms with Crippen LogP contribution in [0.25, 0.3) is 0 Å². The molecule has 0 heterocycles. The van der Waals surface area contributed by atoms with Crippen LogP contribution in [0, 0.1) is 0 Å². The second-order valence-corrected chi connectivity index (χ2v) is 4.99. The predicted molar refractivity (Wildman–Crippen MR) is 81.7 cm³/mol. The number of carboxylic acid groups (broad SMARTS) is 1. The Labute approximate surface area is 128 Å². The smallest absolute Gasteiger partial charge is 0.303 e. The van der Waals surface area contributed by atoms with Crippen LogP contribution in [-0.2, 0) is 19.0 Å². The average molecular weight is 305 g/mol. The number of hydrogen-bond acceptors (Lipinski definition) is 5. The number of rotatable bonds is 16. The molecular formula is C15H31NO5. The van der Waals surface area contributed by atoms with Gasteiger partial charge in [0.1, 0.15) is 0 Å². The number of ether oxygens (including phenoxy) is 3. The number of carboxylic acids is 1. The summed E-state index contributed by atoms with van der Waals surface area (Å²) >= 11 is 0. The molecule has 126 valence electrons. The third-order valence-electron chi connectivity index (χ3n) is 2.93. The van der Waals surface area contributed by atoms with E-state index in [0.717, 1.165) is 32.5 Å². The van der Waals surface area contributed by atoms with E-state index in [1.807, 2.05) is 7.05 Å². The van der Waals surface area contributed by atoms with Gasteiger partial charge in [0.2, 0.25) is 0 Å². The molecule has 0 atom stereocenters. The fourth-order valence-corrected chi connectivity index (χ4v) is 1.62. The van der Waals surface area contributed by atoms with Gasteiger partial charge in [-0.25, -0.2) is 0 Å². The molecule has 0 radical (unpaired) electrons. The summed E-state index contributed by atoms with van der Waals surface area (Å²) < 4.78 is 16.2. The Kier molecular flexibility index (Phi) is 15.2. The molecule has 21 heavy (non-hydrogen) atoms. The van der Waals surface area contributed by atoms with E-state index in [-0.39, 0.29) is 6.42 Å². The van der Waals surface area contributed by atoms with E-state index in [2.05, 4.69) is 11.8 Å². The van der Waals surface area contributed by atoms with E-state index in [0.29, 0.717) is 39.5 Å².